The Kier molecular flexibility index (Phi) is 12.0. The second kappa shape index (κ2) is 14.6. The van der Waals surface area contributed by atoms with Crippen molar-refractivity contribution in [3.63, 3.8) is 0 Å². The Balaban J connectivity index is 0.000000286. The first-order valence-electron chi connectivity index (χ1n) is 13.0. The quantitative estimate of drug-likeness (QED) is 0.0653. The lowest BCUT2D eigenvalue weighted by atomic mass is 10.1. The molecule has 4 rings (SSSR count). The first kappa shape index (κ1) is 37.8. The summed E-state index contributed by atoms with van der Waals surface area (Å²) in [5, 5.41) is 48.3. The van der Waals surface area contributed by atoms with Gasteiger partial charge in [-0.15, -0.1) is 4.62 Å². The summed E-state index contributed by atoms with van der Waals surface area (Å²) in [5.41, 5.74) is 9.13. The molecule has 0 radical (unpaired) electrons. The number of ether oxygens (including phenoxy) is 2. The van der Waals surface area contributed by atoms with Gasteiger partial charge in [0.05, 0.1) is 34.4 Å². The molecule has 2 aliphatic heterocycles. The monoisotopic (exact) mass is 703 g/mol. The lowest BCUT2D eigenvalue weighted by Crippen LogP contribution is -2.36. The van der Waals surface area contributed by atoms with Gasteiger partial charge in [0, 0.05) is 12.4 Å². The first-order chi connectivity index (χ1) is 21.1. The van der Waals surface area contributed by atoms with E-state index < -0.39 is 94.0 Å². The van der Waals surface area contributed by atoms with Gasteiger partial charge in [-0.25, -0.2) is 18.5 Å². The number of nitrogens with two attached hydrogens (primary N) is 2. The summed E-state index contributed by atoms with van der Waals surface area (Å²) < 4.78 is 48.3. The van der Waals surface area contributed by atoms with Gasteiger partial charge in [0.15, 0.2) is 12.5 Å². The summed E-state index contributed by atoms with van der Waals surface area (Å²) in [6.45, 7) is -1.31. The fourth-order valence-electron chi connectivity index (χ4n) is 4.08. The molecule has 2 fully saturated rings. The van der Waals surface area contributed by atoms with E-state index in [4.69, 9.17) is 26.0 Å². The Morgan fingerprint density at radius 2 is 1.33 bits per heavy atom. The maximum atomic E-state index is 11.9. The molecule has 0 aliphatic carbocycles. The summed E-state index contributed by atoms with van der Waals surface area (Å²) in [4.78, 5) is 51.5. The van der Waals surface area contributed by atoms with E-state index in [0.717, 1.165) is 9.13 Å². The van der Waals surface area contributed by atoms with Crippen molar-refractivity contribution < 1.29 is 72.0 Å². The molecule has 0 spiro atoms. The van der Waals surface area contributed by atoms with E-state index in [9.17, 15) is 48.9 Å². The van der Waals surface area contributed by atoms with E-state index in [1.54, 1.807) is 0 Å². The smallest absolute Gasteiger partial charge is 0.478 e. The minimum Gasteiger partial charge on any atom is -0.752 e. The number of phosphoric ester groups is 1. The number of nitrogens with zero attached hydrogens (tertiary/aromatic N) is 5. The predicted octanol–water partition coefficient (Wildman–Crippen LogP) is -4.88. The number of phosphoric acid groups is 2. The number of aromatic nitrogens is 4. The molecule has 2 aromatic heterocycles. The van der Waals surface area contributed by atoms with E-state index in [1.807, 2.05) is 0 Å². The molecule has 46 heavy (non-hydrogen) atoms. The van der Waals surface area contributed by atoms with Gasteiger partial charge in [0.1, 0.15) is 48.3 Å². The van der Waals surface area contributed by atoms with E-state index >= 15 is 0 Å². The summed E-state index contributed by atoms with van der Waals surface area (Å²) in [7, 11) is -6.47. The SMILES string of the molecule is C[N+](C)(C)OP(=O)([O-])OP(=O)(O)OC[C@H]1O[C@@H](n2ccc(N)nc2=O)[C@H](O)[C@@H]1O.Nc1ccn([C@@H]2O[C@H](CO)[C@@H](O)[C@H]2O)c(=O)n1. The van der Waals surface area contributed by atoms with Gasteiger partial charge < -0.3 is 56.3 Å². The maximum absolute atomic E-state index is 11.9. The molecule has 25 heteroatoms. The number of rotatable bonds is 10. The maximum Gasteiger partial charge on any atom is 0.478 e. The fraction of sp³-hybridized carbons (Fsp3) is 0.619. The molecule has 0 amide bonds. The molecule has 0 bridgehead atoms. The highest BCUT2D eigenvalue weighted by Gasteiger charge is 2.46. The Morgan fingerprint density at radius 3 is 1.72 bits per heavy atom. The van der Waals surface area contributed by atoms with Gasteiger partial charge in [-0.3, -0.25) is 18.2 Å². The van der Waals surface area contributed by atoms with Gasteiger partial charge in [-0.1, -0.05) is 0 Å². The van der Waals surface area contributed by atoms with Crippen LogP contribution in [0.3, 0.4) is 0 Å². The number of aliphatic hydroxyl groups excluding tert-OH is 5. The number of hydrogen-bond donors (Lipinski definition) is 8. The molecule has 4 heterocycles. The van der Waals surface area contributed by atoms with Gasteiger partial charge >= 0.3 is 27.0 Å². The van der Waals surface area contributed by atoms with Crippen LogP contribution in [-0.4, -0.2) is 125 Å². The molecular weight excluding hydrogens is 668 g/mol. The van der Waals surface area contributed by atoms with Gasteiger partial charge in [0.2, 0.25) is 0 Å². The Bertz CT molecular complexity index is 1570. The molecule has 0 saturated carbocycles. The Labute approximate surface area is 259 Å². The second-order valence-corrected chi connectivity index (χ2v) is 13.5. The molecule has 0 aromatic carbocycles. The van der Waals surface area contributed by atoms with Gasteiger partial charge in [-0.05, 0) is 12.1 Å². The minimum atomic E-state index is -5.23. The predicted molar refractivity (Wildman–Crippen MR) is 148 cm³/mol. The third-order valence-electron chi connectivity index (χ3n) is 6.06. The average Bonchev–Trinajstić information content (AvgIpc) is 3.35. The van der Waals surface area contributed by atoms with Crippen molar-refractivity contribution in [2.75, 3.05) is 45.8 Å². The first-order valence-corrected chi connectivity index (χ1v) is 16.0. The standard InChI is InChI=1S/C12H22N4O11P2.C9H13N3O5/c1-16(2,3)26-29(22,23)27-28(20,21)24-6-7-9(17)10(18)11(25-7)15-5-4-8(13)14-12(15)19;10-5-1-2-12(9(16)11-5)8-7(15)6(14)4(3-13)17-8/h4-5,7,9-11,17-18H,6H2,1-3H3,(H3-,13,14,19,20,21,22,23);1-2,4,6-8,13-15H,3H2,(H2,10,11,16)/t7-,9-,10-,11-;4-,6-,7-,8-/m11/s1. The van der Waals surface area contributed by atoms with Crippen LogP contribution in [0, 0.1) is 0 Å². The van der Waals surface area contributed by atoms with Crippen molar-refractivity contribution in [2.45, 2.75) is 49.1 Å². The number of hydrogen-bond acceptors (Lipinski definition) is 19. The summed E-state index contributed by atoms with van der Waals surface area (Å²) in [5.74, 6) is -0.0197. The lowest BCUT2D eigenvalue weighted by molar-refractivity contribution is -1.04. The van der Waals surface area contributed by atoms with E-state index in [2.05, 4.69) is 23.4 Å². The summed E-state index contributed by atoms with van der Waals surface area (Å²) >= 11 is 0. The third kappa shape index (κ3) is 9.67. The van der Waals surface area contributed by atoms with Crippen molar-refractivity contribution in [1.82, 2.24) is 19.1 Å². The minimum absolute atomic E-state index is 0.0537. The molecule has 2 unspecified atom stereocenters. The van der Waals surface area contributed by atoms with E-state index in [0.29, 0.717) is 0 Å². The van der Waals surface area contributed by atoms with E-state index in [1.165, 1.54) is 45.7 Å². The van der Waals surface area contributed by atoms with E-state index in [-0.39, 0.29) is 11.6 Å². The van der Waals surface area contributed by atoms with Crippen LogP contribution in [-0.2, 0) is 32.1 Å². The van der Waals surface area contributed by atoms with Crippen LogP contribution in [0.4, 0.5) is 11.6 Å². The molecule has 2 saturated heterocycles. The summed E-state index contributed by atoms with van der Waals surface area (Å²) in [6, 6.07) is 2.62. The van der Waals surface area contributed by atoms with Crippen LogP contribution in [0.2, 0.25) is 0 Å². The van der Waals surface area contributed by atoms with Gasteiger partial charge in [0.25, 0.3) is 0 Å². The lowest BCUT2D eigenvalue weighted by Gasteiger charge is -2.30. The molecule has 10 atom stereocenters. The van der Waals surface area contributed by atoms with Crippen molar-refractivity contribution >= 4 is 27.3 Å². The fourth-order valence-corrected chi connectivity index (χ4v) is 6.33. The zero-order valence-corrected chi connectivity index (χ0v) is 26.2. The molecule has 2 aliphatic rings. The molecular formula is C21H35N7O16P2. The average molecular weight is 703 g/mol. The number of anilines is 2. The molecule has 260 valence electrons. The van der Waals surface area contributed by atoms with Crippen molar-refractivity contribution in [1.29, 1.82) is 0 Å². The normalized spacial score (nSPS) is 30.7. The summed E-state index contributed by atoms with van der Waals surface area (Å²) in [6.07, 6.45) is -8.18. The van der Waals surface area contributed by atoms with Crippen molar-refractivity contribution in [3.05, 3.63) is 45.5 Å². The van der Waals surface area contributed by atoms with Crippen molar-refractivity contribution in [3.8, 4) is 0 Å². The highest BCUT2D eigenvalue weighted by atomic mass is 31.3. The largest absolute Gasteiger partial charge is 0.752 e. The number of quaternary nitrogens is 1. The van der Waals surface area contributed by atoms with Crippen LogP contribution >= 0.6 is 15.6 Å². The second-order valence-electron chi connectivity index (χ2n) is 10.6. The molecule has 23 nitrogen and oxygen atoms in total. The zero-order chi connectivity index (χ0) is 34.8. The third-order valence-corrected chi connectivity index (χ3v) is 8.85. The topological polar surface area (TPSA) is 347 Å². The van der Waals surface area contributed by atoms with Crippen LogP contribution in [0.25, 0.3) is 0 Å². The van der Waals surface area contributed by atoms with Gasteiger partial charge in [-0.2, -0.15) is 14.6 Å². The number of nitrogen functional groups attached to an aromatic ring is 2. The van der Waals surface area contributed by atoms with Crippen LogP contribution in [0.15, 0.2) is 34.1 Å². The zero-order valence-electron chi connectivity index (χ0n) is 24.4. The van der Waals surface area contributed by atoms with Crippen LogP contribution < -0.4 is 27.7 Å². The molecule has 10 N–H and O–H groups in total. The highest BCUT2D eigenvalue weighted by Crippen LogP contribution is 2.59. The Morgan fingerprint density at radius 1 is 0.891 bits per heavy atom. The number of aliphatic hydroxyl groups is 5. The highest BCUT2D eigenvalue weighted by molar-refractivity contribution is 7.60. The van der Waals surface area contributed by atoms with Crippen molar-refractivity contribution in [2.24, 2.45) is 0 Å². The number of hydroxylamine groups is 3. The van der Waals surface area contributed by atoms with Crippen LogP contribution in [0.5, 0.6) is 0 Å². The van der Waals surface area contributed by atoms with Crippen LogP contribution in [0.1, 0.15) is 12.5 Å². The Hall–Kier alpha value is -2.70. The molecule has 2 aromatic rings.